The molecular formula is C14H7Br2NO4. The van der Waals surface area contributed by atoms with Crippen LogP contribution in [0.4, 0.5) is 5.88 Å². The lowest BCUT2D eigenvalue weighted by Gasteiger charge is -1.93. The quantitative estimate of drug-likeness (QED) is 0.413. The summed E-state index contributed by atoms with van der Waals surface area (Å²) < 4.78 is 12.5. The van der Waals surface area contributed by atoms with Crippen molar-refractivity contribution in [3.63, 3.8) is 0 Å². The first-order chi connectivity index (χ1) is 10.0. The molecule has 3 aromatic rings. The van der Waals surface area contributed by atoms with Crippen LogP contribution in [0.5, 0.6) is 0 Å². The maximum Gasteiger partial charge on any atom is 0.433 e. The Labute approximate surface area is 135 Å². The molecule has 1 aromatic carbocycles. The van der Waals surface area contributed by atoms with Crippen LogP contribution in [0.3, 0.4) is 0 Å². The second-order valence-electron chi connectivity index (χ2n) is 4.22. The molecule has 0 saturated heterocycles. The van der Waals surface area contributed by atoms with Crippen molar-refractivity contribution in [1.82, 2.24) is 0 Å². The molecule has 0 fully saturated rings. The van der Waals surface area contributed by atoms with Gasteiger partial charge >= 0.3 is 5.88 Å². The van der Waals surface area contributed by atoms with E-state index in [9.17, 15) is 10.1 Å². The van der Waals surface area contributed by atoms with E-state index in [1.54, 1.807) is 12.2 Å². The van der Waals surface area contributed by atoms with Crippen LogP contribution in [-0.2, 0) is 0 Å². The third kappa shape index (κ3) is 2.93. The van der Waals surface area contributed by atoms with Gasteiger partial charge in [0.2, 0.25) is 0 Å². The molecule has 7 heteroatoms. The fourth-order valence-electron chi connectivity index (χ4n) is 1.87. The van der Waals surface area contributed by atoms with Gasteiger partial charge in [0, 0.05) is 9.86 Å². The predicted octanol–water partition coefficient (Wildman–Crippen LogP) is 5.63. The molecule has 0 aliphatic rings. The Morgan fingerprint density at radius 3 is 2.52 bits per heavy atom. The number of halogens is 2. The summed E-state index contributed by atoms with van der Waals surface area (Å²) in [4.78, 5) is 9.96. The molecular weight excluding hydrogens is 406 g/mol. The second-order valence-corrected chi connectivity index (χ2v) is 5.99. The summed E-state index contributed by atoms with van der Waals surface area (Å²) in [6, 6.07) is 8.56. The van der Waals surface area contributed by atoms with Gasteiger partial charge in [0.1, 0.15) is 22.0 Å². The molecule has 0 unspecified atom stereocenters. The monoisotopic (exact) mass is 411 g/mol. The Hall–Kier alpha value is -1.86. The largest absolute Gasteiger partial charge is 0.456 e. The van der Waals surface area contributed by atoms with E-state index >= 15 is 0 Å². The SMILES string of the molecule is O=[N+]([O-])c1ccc(/C=C/c2cc3cc(Br)cc(Br)c3o2)o1. The Bertz CT molecular complexity index is 863. The van der Waals surface area contributed by atoms with E-state index in [2.05, 4.69) is 31.9 Å². The standard InChI is InChI=1S/C14H7Br2NO4/c15-9-5-8-6-11(21-14(8)12(16)7-9)2-1-10-3-4-13(20-10)17(18)19/h1-7H/b2-1+. The molecule has 21 heavy (non-hydrogen) atoms. The summed E-state index contributed by atoms with van der Waals surface area (Å²) in [5.41, 5.74) is 0.739. The van der Waals surface area contributed by atoms with E-state index in [0.717, 1.165) is 19.9 Å². The summed E-state index contributed by atoms with van der Waals surface area (Å²) in [6.45, 7) is 0. The van der Waals surface area contributed by atoms with Gasteiger partial charge < -0.3 is 8.83 Å². The zero-order chi connectivity index (χ0) is 15.0. The summed E-state index contributed by atoms with van der Waals surface area (Å²) in [6.07, 6.45) is 3.32. The molecule has 0 amide bonds. The fraction of sp³-hybridized carbons (Fsp3) is 0. The van der Waals surface area contributed by atoms with Crippen molar-refractivity contribution in [2.24, 2.45) is 0 Å². The number of fused-ring (bicyclic) bond motifs is 1. The molecule has 0 N–H and O–H groups in total. The topological polar surface area (TPSA) is 69.4 Å². The molecule has 0 aliphatic heterocycles. The molecule has 106 valence electrons. The third-order valence-corrected chi connectivity index (χ3v) is 3.81. The fourth-order valence-corrected chi connectivity index (χ4v) is 3.21. The van der Waals surface area contributed by atoms with Crippen LogP contribution < -0.4 is 0 Å². The van der Waals surface area contributed by atoms with Gasteiger partial charge in [-0.05, 0) is 52.3 Å². The minimum absolute atomic E-state index is 0.286. The minimum atomic E-state index is -0.576. The van der Waals surface area contributed by atoms with E-state index in [4.69, 9.17) is 8.83 Å². The van der Waals surface area contributed by atoms with Gasteiger partial charge in [-0.1, -0.05) is 15.9 Å². The van der Waals surface area contributed by atoms with Gasteiger partial charge in [-0.2, -0.15) is 0 Å². The smallest absolute Gasteiger partial charge is 0.433 e. The van der Waals surface area contributed by atoms with Crippen molar-refractivity contribution in [2.75, 3.05) is 0 Å². The molecule has 2 heterocycles. The number of rotatable bonds is 3. The van der Waals surface area contributed by atoms with Crippen LogP contribution in [0.1, 0.15) is 11.5 Å². The number of nitro groups is 1. The maximum atomic E-state index is 10.5. The molecule has 0 bridgehead atoms. The lowest BCUT2D eigenvalue weighted by atomic mass is 10.2. The summed E-state index contributed by atoms with van der Waals surface area (Å²) in [5.74, 6) is 0.733. The van der Waals surface area contributed by atoms with Gasteiger partial charge in [-0.25, -0.2) is 0 Å². The summed E-state index contributed by atoms with van der Waals surface area (Å²) >= 11 is 6.85. The Balaban J connectivity index is 1.92. The first kappa shape index (κ1) is 14.1. The van der Waals surface area contributed by atoms with Crippen LogP contribution in [-0.4, -0.2) is 4.92 Å². The van der Waals surface area contributed by atoms with E-state index < -0.39 is 4.92 Å². The van der Waals surface area contributed by atoms with Gasteiger partial charge in [-0.3, -0.25) is 10.1 Å². The first-order valence-corrected chi connectivity index (χ1v) is 7.42. The van der Waals surface area contributed by atoms with E-state index in [1.165, 1.54) is 12.1 Å². The maximum absolute atomic E-state index is 10.5. The van der Waals surface area contributed by atoms with Gasteiger partial charge in [0.15, 0.2) is 0 Å². The highest BCUT2D eigenvalue weighted by Crippen LogP contribution is 2.31. The average Bonchev–Trinajstić information content (AvgIpc) is 3.02. The number of hydrogen-bond donors (Lipinski definition) is 0. The van der Waals surface area contributed by atoms with Gasteiger partial charge in [0.25, 0.3) is 0 Å². The number of furan rings is 2. The van der Waals surface area contributed by atoms with Crippen molar-refractivity contribution < 1.29 is 13.8 Å². The molecule has 0 atom stereocenters. The Kier molecular flexibility index (Phi) is 3.69. The molecule has 0 spiro atoms. The van der Waals surface area contributed by atoms with Crippen molar-refractivity contribution in [1.29, 1.82) is 0 Å². The highest BCUT2D eigenvalue weighted by atomic mass is 79.9. The molecule has 2 aromatic heterocycles. The van der Waals surface area contributed by atoms with Crippen molar-refractivity contribution in [3.8, 4) is 0 Å². The number of hydrogen-bond acceptors (Lipinski definition) is 4. The molecule has 0 saturated carbocycles. The zero-order valence-electron chi connectivity index (χ0n) is 10.4. The van der Waals surface area contributed by atoms with E-state index in [0.29, 0.717) is 11.5 Å². The number of benzene rings is 1. The highest BCUT2D eigenvalue weighted by molar-refractivity contribution is 9.11. The van der Waals surface area contributed by atoms with Crippen LogP contribution in [0.15, 0.2) is 48.1 Å². The summed E-state index contributed by atoms with van der Waals surface area (Å²) in [5, 5.41) is 11.5. The minimum Gasteiger partial charge on any atom is -0.456 e. The zero-order valence-corrected chi connectivity index (χ0v) is 13.5. The van der Waals surface area contributed by atoms with Gasteiger partial charge in [0.05, 0.1) is 10.5 Å². The third-order valence-electron chi connectivity index (χ3n) is 2.76. The summed E-state index contributed by atoms with van der Waals surface area (Å²) in [7, 11) is 0. The van der Waals surface area contributed by atoms with Gasteiger partial charge in [-0.15, -0.1) is 0 Å². The first-order valence-electron chi connectivity index (χ1n) is 5.84. The van der Waals surface area contributed by atoms with Crippen molar-refractivity contribution in [2.45, 2.75) is 0 Å². The van der Waals surface area contributed by atoms with E-state index in [-0.39, 0.29) is 5.88 Å². The Morgan fingerprint density at radius 2 is 1.81 bits per heavy atom. The van der Waals surface area contributed by atoms with Crippen LogP contribution in [0.2, 0.25) is 0 Å². The van der Waals surface area contributed by atoms with Crippen molar-refractivity contribution in [3.05, 3.63) is 60.9 Å². The van der Waals surface area contributed by atoms with Crippen molar-refractivity contribution >= 4 is 60.9 Å². The Morgan fingerprint density at radius 1 is 1.05 bits per heavy atom. The van der Waals surface area contributed by atoms with E-state index in [1.807, 2.05) is 18.2 Å². The van der Waals surface area contributed by atoms with Crippen LogP contribution in [0, 0.1) is 10.1 Å². The normalized spacial score (nSPS) is 11.5. The van der Waals surface area contributed by atoms with Crippen LogP contribution in [0.25, 0.3) is 23.1 Å². The lowest BCUT2D eigenvalue weighted by molar-refractivity contribution is -0.402. The molecule has 5 nitrogen and oxygen atoms in total. The predicted molar refractivity (Wildman–Crippen MR) is 85.9 cm³/mol. The van der Waals surface area contributed by atoms with Crippen LogP contribution >= 0.6 is 31.9 Å². The average molecular weight is 413 g/mol. The number of nitrogens with zero attached hydrogens (tertiary/aromatic N) is 1. The highest BCUT2D eigenvalue weighted by Gasteiger charge is 2.10. The molecule has 0 radical (unpaired) electrons. The molecule has 3 rings (SSSR count). The second kappa shape index (κ2) is 5.50. The lowest BCUT2D eigenvalue weighted by Crippen LogP contribution is -1.82. The molecule has 0 aliphatic carbocycles.